The van der Waals surface area contributed by atoms with Gasteiger partial charge < -0.3 is 4.74 Å². The fourth-order valence-electron chi connectivity index (χ4n) is 2.50. The smallest absolute Gasteiger partial charge is 0.212 e. The fraction of sp³-hybridized carbons (Fsp3) is 0.312. The maximum absolute atomic E-state index is 14.2. The second-order valence-corrected chi connectivity index (χ2v) is 5.11. The van der Waals surface area contributed by atoms with Gasteiger partial charge in [0.25, 0.3) is 0 Å². The number of halogens is 1. The number of nitrogens with zero attached hydrogens (tertiary/aromatic N) is 1. The Kier molecular flexibility index (Phi) is 4.88. The lowest BCUT2D eigenvalue weighted by atomic mass is 9.94. The van der Waals surface area contributed by atoms with Crippen LogP contribution >= 0.6 is 0 Å². The molecule has 0 aliphatic heterocycles. The second kappa shape index (κ2) is 6.65. The van der Waals surface area contributed by atoms with E-state index < -0.39 is 0 Å². The molecule has 0 saturated heterocycles. The highest BCUT2D eigenvalue weighted by Gasteiger charge is 2.18. The Labute approximate surface area is 124 Å². The minimum absolute atomic E-state index is 0.239. The van der Waals surface area contributed by atoms with Crippen LogP contribution < -0.4 is 16.0 Å². The average molecular weight is 289 g/mol. The molecule has 1 heterocycles. The maximum Gasteiger partial charge on any atom is 0.212 e. The molecule has 2 aromatic rings. The van der Waals surface area contributed by atoms with Gasteiger partial charge in [0.2, 0.25) is 5.88 Å². The number of hydrogen-bond acceptors (Lipinski definition) is 4. The van der Waals surface area contributed by atoms with Gasteiger partial charge in [-0.05, 0) is 43.0 Å². The molecular weight excluding hydrogens is 269 g/mol. The van der Waals surface area contributed by atoms with E-state index in [0.717, 1.165) is 16.7 Å². The molecule has 0 aliphatic rings. The zero-order valence-electron chi connectivity index (χ0n) is 12.5. The SMILES string of the molecule is COc1ccc(CC(NN)c2c(C)cc(C)cc2F)cn1. The second-order valence-electron chi connectivity index (χ2n) is 5.11. The lowest BCUT2D eigenvalue weighted by Gasteiger charge is -2.20. The van der Waals surface area contributed by atoms with Crippen molar-refractivity contribution in [2.45, 2.75) is 26.3 Å². The summed E-state index contributed by atoms with van der Waals surface area (Å²) in [6.45, 7) is 3.76. The van der Waals surface area contributed by atoms with Crippen LogP contribution in [0.3, 0.4) is 0 Å². The number of pyridine rings is 1. The molecule has 1 aromatic heterocycles. The van der Waals surface area contributed by atoms with Gasteiger partial charge in [0.1, 0.15) is 5.82 Å². The minimum Gasteiger partial charge on any atom is -0.481 e. The lowest BCUT2D eigenvalue weighted by molar-refractivity contribution is 0.397. The van der Waals surface area contributed by atoms with E-state index in [1.807, 2.05) is 26.0 Å². The fourth-order valence-corrected chi connectivity index (χ4v) is 2.50. The summed E-state index contributed by atoms with van der Waals surface area (Å²) < 4.78 is 19.3. The van der Waals surface area contributed by atoms with E-state index in [1.165, 1.54) is 6.07 Å². The molecule has 112 valence electrons. The van der Waals surface area contributed by atoms with Gasteiger partial charge in [-0.15, -0.1) is 0 Å². The van der Waals surface area contributed by atoms with Crippen molar-refractivity contribution in [3.05, 3.63) is 58.5 Å². The molecule has 1 unspecified atom stereocenters. The molecule has 0 bridgehead atoms. The molecule has 4 nitrogen and oxygen atoms in total. The Morgan fingerprint density at radius 1 is 1.33 bits per heavy atom. The summed E-state index contributed by atoms with van der Waals surface area (Å²) in [6, 6.07) is 6.85. The van der Waals surface area contributed by atoms with Gasteiger partial charge in [-0.3, -0.25) is 11.3 Å². The number of hydrogen-bond donors (Lipinski definition) is 2. The Morgan fingerprint density at radius 2 is 2.10 bits per heavy atom. The van der Waals surface area contributed by atoms with Gasteiger partial charge >= 0.3 is 0 Å². The topological polar surface area (TPSA) is 60.2 Å². The first kappa shape index (κ1) is 15.4. The van der Waals surface area contributed by atoms with Crippen LogP contribution in [0.25, 0.3) is 0 Å². The summed E-state index contributed by atoms with van der Waals surface area (Å²) in [5.74, 6) is 5.93. The predicted molar refractivity (Wildman–Crippen MR) is 80.4 cm³/mol. The molecule has 21 heavy (non-hydrogen) atoms. The van der Waals surface area contributed by atoms with Gasteiger partial charge in [-0.1, -0.05) is 12.1 Å². The van der Waals surface area contributed by atoms with Crippen molar-refractivity contribution in [1.29, 1.82) is 0 Å². The molecule has 3 N–H and O–H groups in total. The molecule has 2 rings (SSSR count). The van der Waals surface area contributed by atoms with Gasteiger partial charge in [-0.2, -0.15) is 0 Å². The van der Waals surface area contributed by atoms with Gasteiger partial charge in [0.05, 0.1) is 13.2 Å². The molecule has 1 aromatic carbocycles. The highest BCUT2D eigenvalue weighted by molar-refractivity contribution is 5.35. The van der Waals surface area contributed by atoms with Gasteiger partial charge in [-0.25, -0.2) is 9.37 Å². The van der Waals surface area contributed by atoms with Crippen molar-refractivity contribution in [2.24, 2.45) is 5.84 Å². The Morgan fingerprint density at radius 3 is 2.62 bits per heavy atom. The first-order valence-corrected chi connectivity index (χ1v) is 6.77. The number of methoxy groups -OCH3 is 1. The number of hydrazine groups is 1. The average Bonchev–Trinajstić information content (AvgIpc) is 2.45. The van der Waals surface area contributed by atoms with Crippen LogP contribution in [0.5, 0.6) is 5.88 Å². The number of ether oxygens (including phenoxy) is 1. The van der Waals surface area contributed by atoms with Crippen molar-refractivity contribution >= 4 is 0 Å². The van der Waals surface area contributed by atoms with E-state index in [1.54, 1.807) is 19.4 Å². The van der Waals surface area contributed by atoms with Crippen LogP contribution in [0.15, 0.2) is 30.5 Å². The molecule has 0 aliphatic carbocycles. The normalized spacial score (nSPS) is 12.2. The van der Waals surface area contributed by atoms with Crippen LogP contribution in [0, 0.1) is 19.7 Å². The van der Waals surface area contributed by atoms with E-state index in [2.05, 4.69) is 10.4 Å². The van der Waals surface area contributed by atoms with Crippen LogP contribution in [0.1, 0.15) is 28.3 Å². The van der Waals surface area contributed by atoms with E-state index in [0.29, 0.717) is 17.9 Å². The molecular formula is C16H20FN3O. The lowest BCUT2D eigenvalue weighted by Crippen LogP contribution is -2.31. The number of aryl methyl sites for hydroxylation is 2. The number of aromatic nitrogens is 1. The zero-order chi connectivity index (χ0) is 15.4. The highest BCUT2D eigenvalue weighted by atomic mass is 19.1. The van der Waals surface area contributed by atoms with E-state index in [9.17, 15) is 4.39 Å². The summed E-state index contributed by atoms with van der Waals surface area (Å²) in [4.78, 5) is 4.15. The van der Waals surface area contributed by atoms with Crippen molar-refractivity contribution in [3.63, 3.8) is 0 Å². The number of nitrogens with two attached hydrogens (primary N) is 1. The predicted octanol–water partition coefficient (Wildman–Crippen LogP) is 2.59. The first-order chi connectivity index (χ1) is 10.0. The molecule has 0 amide bonds. The van der Waals surface area contributed by atoms with Crippen molar-refractivity contribution in [2.75, 3.05) is 7.11 Å². The van der Waals surface area contributed by atoms with Crippen molar-refractivity contribution in [1.82, 2.24) is 10.4 Å². The van der Waals surface area contributed by atoms with E-state index >= 15 is 0 Å². The van der Waals surface area contributed by atoms with Gasteiger partial charge in [0, 0.05) is 17.8 Å². The standard InChI is InChI=1S/C16H20FN3O/c1-10-6-11(2)16(13(17)7-10)14(20-18)8-12-4-5-15(21-3)19-9-12/h4-7,9,14,20H,8,18H2,1-3H3. The summed E-state index contributed by atoms with van der Waals surface area (Å²) >= 11 is 0. The number of benzene rings is 1. The summed E-state index contributed by atoms with van der Waals surface area (Å²) in [6.07, 6.45) is 2.26. The molecule has 1 atom stereocenters. The molecule has 5 heteroatoms. The highest BCUT2D eigenvalue weighted by Crippen LogP contribution is 2.25. The van der Waals surface area contributed by atoms with Crippen LogP contribution in [-0.4, -0.2) is 12.1 Å². The van der Waals surface area contributed by atoms with E-state index in [-0.39, 0.29) is 11.9 Å². The summed E-state index contributed by atoms with van der Waals surface area (Å²) in [5.41, 5.74) is 6.04. The minimum atomic E-state index is -0.305. The Hall–Kier alpha value is -1.98. The van der Waals surface area contributed by atoms with Crippen LogP contribution in [0.2, 0.25) is 0 Å². The molecule has 0 saturated carbocycles. The zero-order valence-corrected chi connectivity index (χ0v) is 12.5. The van der Waals surface area contributed by atoms with Crippen molar-refractivity contribution < 1.29 is 9.13 Å². The van der Waals surface area contributed by atoms with Crippen LogP contribution in [-0.2, 0) is 6.42 Å². The maximum atomic E-state index is 14.2. The third kappa shape index (κ3) is 3.56. The summed E-state index contributed by atoms with van der Waals surface area (Å²) in [5, 5.41) is 0. The number of nitrogens with one attached hydrogen (secondary N) is 1. The van der Waals surface area contributed by atoms with Gasteiger partial charge in [0.15, 0.2) is 0 Å². The number of rotatable bonds is 5. The third-order valence-corrected chi connectivity index (χ3v) is 3.48. The largest absolute Gasteiger partial charge is 0.481 e. The van der Waals surface area contributed by atoms with Crippen molar-refractivity contribution in [3.8, 4) is 5.88 Å². The summed E-state index contributed by atoms with van der Waals surface area (Å²) in [7, 11) is 1.57. The molecule has 0 spiro atoms. The first-order valence-electron chi connectivity index (χ1n) is 6.77. The Balaban J connectivity index is 2.27. The quantitative estimate of drug-likeness (QED) is 0.656. The van der Waals surface area contributed by atoms with Crippen LogP contribution in [0.4, 0.5) is 4.39 Å². The molecule has 0 radical (unpaired) electrons. The monoisotopic (exact) mass is 289 g/mol. The third-order valence-electron chi connectivity index (χ3n) is 3.48. The Bertz CT molecular complexity index is 590. The van der Waals surface area contributed by atoms with E-state index in [4.69, 9.17) is 10.6 Å². The molecule has 0 fully saturated rings.